The topological polar surface area (TPSA) is 38.8 Å². The molecule has 0 radical (unpaired) electrons. The molecule has 0 spiro atoms. The molecule has 3 aromatic rings. The first-order chi connectivity index (χ1) is 15.5. The number of ether oxygens (including phenoxy) is 2. The van der Waals surface area contributed by atoms with Crippen LogP contribution < -0.4 is 14.4 Å². The van der Waals surface area contributed by atoms with Crippen molar-refractivity contribution in [2.24, 2.45) is 0 Å². The monoisotopic (exact) mass is 481 g/mol. The fourth-order valence-electron chi connectivity index (χ4n) is 3.14. The lowest BCUT2D eigenvalue weighted by atomic mass is 10.2. The Morgan fingerprint density at radius 2 is 1.75 bits per heavy atom. The minimum atomic E-state index is -0.109. The molecule has 1 fully saturated rings. The molecule has 4 nitrogen and oxygen atoms in total. The summed E-state index contributed by atoms with van der Waals surface area (Å²) in [6.07, 6.45) is 1.85. The maximum absolute atomic E-state index is 12.9. The van der Waals surface area contributed by atoms with Gasteiger partial charge in [0.15, 0.2) is 4.32 Å². The van der Waals surface area contributed by atoms with Crippen molar-refractivity contribution in [1.29, 1.82) is 0 Å². The number of rotatable bonds is 7. The highest BCUT2D eigenvalue weighted by Gasteiger charge is 2.33. The summed E-state index contributed by atoms with van der Waals surface area (Å²) in [5.41, 5.74) is 2.77. The van der Waals surface area contributed by atoms with Crippen LogP contribution in [0.15, 0.2) is 77.7 Å². The molecule has 162 valence electrons. The number of carbonyl (C=O) groups is 1. The van der Waals surface area contributed by atoms with E-state index in [1.807, 2.05) is 79.7 Å². The molecular formula is C25H20ClNO3S2. The number of halogens is 1. The zero-order valence-electron chi connectivity index (χ0n) is 17.3. The normalized spacial score (nSPS) is 14.8. The van der Waals surface area contributed by atoms with Crippen LogP contribution in [0.3, 0.4) is 0 Å². The SMILES string of the molecule is Cc1cccc(N2C(=O)C(=Cc3ccc(OCCOc4ccccc4Cl)cc3)SC2=S)c1. The van der Waals surface area contributed by atoms with E-state index in [0.717, 1.165) is 22.6 Å². The Morgan fingerprint density at radius 1 is 1.00 bits per heavy atom. The van der Waals surface area contributed by atoms with Gasteiger partial charge < -0.3 is 9.47 Å². The van der Waals surface area contributed by atoms with Gasteiger partial charge in [0.05, 0.1) is 15.6 Å². The maximum atomic E-state index is 12.9. The van der Waals surface area contributed by atoms with Crippen LogP contribution in [0.4, 0.5) is 5.69 Å². The first-order valence-corrected chi connectivity index (χ1v) is 11.6. The van der Waals surface area contributed by atoms with Crippen molar-refractivity contribution in [3.63, 3.8) is 0 Å². The van der Waals surface area contributed by atoms with Crippen LogP contribution >= 0.6 is 35.6 Å². The number of thiocarbonyl (C=S) groups is 1. The Morgan fingerprint density at radius 3 is 2.50 bits per heavy atom. The molecule has 1 aliphatic heterocycles. The van der Waals surface area contributed by atoms with Gasteiger partial charge in [-0.3, -0.25) is 9.69 Å². The van der Waals surface area contributed by atoms with Crippen LogP contribution in [0.25, 0.3) is 6.08 Å². The van der Waals surface area contributed by atoms with Crippen molar-refractivity contribution in [3.8, 4) is 11.5 Å². The molecule has 1 amide bonds. The smallest absolute Gasteiger partial charge is 0.270 e. The molecule has 0 aromatic heterocycles. The average Bonchev–Trinajstić information content (AvgIpc) is 3.06. The van der Waals surface area contributed by atoms with Crippen molar-refractivity contribution >= 4 is 57.6 Å². The Kier molecular flexibility index (Phi) is 7.15. The molecule has 0 bridgehead atoms. The molecule has 0 atom stereocenters. The maximum Gasteiger partial charge on any atom is 0.270 e. The second-order valence-electron chi connectivity index (χ2n) is 7.05. The Labute approximate surface area is 201 Å². The summed E-state index contributed by atoms with van der Waals surface area (Å²) in [6.45, 7) is 2.76. The van der Waals surface area contributed by atoms with Crippen LogP contribution in [-0.4, -0.2) is 23.4 Å². The van der Waals surface area contributed by atoms with Gasteiger partial charge >= 0.3 is 0 Å². The minimum absolute atomic E-state index is 0.109. The second-order valence-corrected chi connectivity index (χ2v) is 9.14. The molecule has 0 N–H and O–H groups in total. The van der Waals surface area contributed by atoms with Crippen LogP contribution in [0, 0.1) is 6.92 Å². The van der Waals surface area contributed by atoms with E-state index >= 15 is 0 Å². The largest absolute Gasteiger partial charge is 0.490 e. The summed E-state index contributed by atoms with van der Waals surface area (Å²) >= 11 is 12.8. The summed E-state index contributed by atoms with van der Waals surface area (Å²) < 4.78 is 11.9. The van der Waals surface area contributed by atoms with Gasteiger partial charge in [-0.05, 0) is 60.5 Å². The van der Waals surface area contributed by atoms with Crippen molar-refractivity contribution < 1.29 is 14.3 Å². The van der Waals surface area contributed by atoms with Crippen molar-refractivity contribution in [3.05, 3.63) is 93.9 Å². The molecule has 0 unspecified atom stereocenters. The zero-order valence-corrected chi connectivity index (χ0v) is 19.7. The van der Waals surface area contributed by atoms with Crippen LogP contribution in [-0.2, 0) is 4.79 Å². The van der Waals surface area contributed by atoms with Crippen LogP contribution in [0.5, 0.6) is 11.5 Å². The van der Waals surface area contributed by atoms with E-state index in [1.54, 1.807) is 11.0 Å². The molecule has 0 saturated carbocycles. The number of hydrogen-bond acceptors (Lipinski definition) is 5. The molecular weight excluding hydrogens is 462 g/mol. The Bertz CT molecular complexity index is 1180. The summed E-state index contributed by atoms with van der Waals surface area (Å²) in [5, 5.41) is 0.574. The first-order valence-electron chi connectivity index (χ1n) is 9.96. The number of anilines is 1. The van der Waals surface area contributed by atoms with Crippen molar-refractivity contribution in [1.82, 2.24) is 0 Å². The van der Waals surface area contributed by atoms with Gasteiger partial charge in [-0.2, -0.15) is 0 Å². The van der Waals surface area contributed by atoms with E-state index in [-0.39, 0.29) is 5.91 Å². The van der Waals surface area contributed by atoms with E-state index in [4.69, 9.17) is 33.3 Å². The predicted octanol–water partition coefficient (Wildman–Crippen LogP) is 6.51. The number of para-hydroxylation sites is 1. The molecule has 1 heterocycles. The van der Waals surface area contributed by atoms with Gasteiger partial charge in [-0.15, -0.1) is 0 Å². The lowest BCUT2D eigenvalue weighted by molar-refractivity contribution is -0.113. The van der Waals surface area contributed by atoms with Crippen LogP contribution in [0.2, 0.25) is 5.02 Å². The van der Waals surface area contributed by atoms with Gasteiger partial charge in [-0.1, -0.05) is 72.0 Å². The molecule has 32 heavy (non-hydrogen) atoms. The highest BCUT2D eigenvalue weighted by Crippen LogP contribution is 2.36. The standard InChI is InChI=1S/C25H20ClNO3S2/c1-17-5-4-6-19(15-17)27-24(28)23(32-25(27)31)16-18-9-11-20(12-10-18)29-13-14-30-22-8-3-2-7-21(22)26/h2-12,15-16H,13-14H2,1H3. The number of thioether (sulfide) groups is 1. The quantitative estimate of drug-likeness (QED) is 0.218. The molecule has 3 aromatic carbocycles. The Balaban J connectivity index is 1.35. The number of hydrogen-bond donors (Lipinski definition) is 0. The molecule has 1 saturated heterocycles. The van der Waals surface area contributed by atoms with E-state index < -0.39 is 0 Å². The third-order valence-corrected chi connectivity index (χ3v) is 6.29. The average molecular weight is 482 g/mol. The summed E-state index contributed by atoms with van der Waals surface area (Å²) in [7, 11) is 0. The predicted molar refractivity (Wildman–Crippen MR) is 136 cm³/mol. The highest BCUT2D eigenvalue weighted by molar-refractivity contribution is 8.27. The Hall–Kier alpha value is -2.80. The van der Waals surface area contributed by atoms with E-state index in [1.165, 1.54) is 11.8 Å². The fraction of sp³-hybridized carbons (Fsp3) is 0.120. The van der Waals surface area contributed by atoms with Gasteiger partial charge in [-0.25, -0.2) is 0 Å². The zero-order chi connectivity index (χ0) is 22.5. The van der Waals surface area contributed by atoms with Crippen molar-refractivity contribution in [2.45, 2.75) is 6.92 Å². The highest BCUT2D eigenvalue weighted by atomic mass is 35.5. The molecule has 1 aliphatic rings. The number of benzene rings is 3. The number of carbonyl (C=O) groups excluding carboxylic acids is 1. The third kappa shape index (κ3) is 5.33. The summed E-state index contributed by atoms with van der Waals surface area (Å²) in [5.74, 6) is 1.25. The van der Waals surface area contributed by atoms with E-state index in [2.05, 4.69) is 0 Å². The van der Waals surface area contributed by atoms with E-state index in [0.29, 0.717) is 33.2 Å². The molecule has 7 heteroatoms. The third-order valence-electron chi connectivity index (χ3n) is 4.68. The van der Waals surface area contributed by atoms with Gasteiger partial charge in [0.25, 0.3) is 5.91 Å². The number of nitrogens with zero attached hydrogens (tertiary/aromatic N) is 1. The van der Waals surface area contributed by atoms with Gasteiger partial charge in [0.1, 0.15) is 24.7 Å². The van der Waals surface area contributed by atoms with E-state index in [9.17, 15) is 4.79 Å². The van der Waals surface area contributed by atoms with Crippen LogP contribution in [0.1, 0.15) is 11.1 Å². The van der Waals surface area contributed by atoms with Gasteiger partial charge in [0.2, 0.25) is 0 Å². The number of aryl methyl sites for hydroxylation is 1. The summed E-state index contributed by atoms with van der Waals surface area (Å²) in [6, 6.07) is 22.6. The fourth-order valence-corrected chi connectivity index (χ4v) is 4.63. The van der Waals surface area contributed by atoms with Crippen molar-refractivity contribution in [2.75, 3.05) is 18.1 Å². The number of amides is 1. The minimum Gasteiger partial charge on any atom is -0.490 e. The second kappa shape index (κ2) is 10.2. The lowest BCUT2D eigenvalue weighted by Gasteiger charge is -2.14. The molecule has 0 aliphatic carbocycles. The van der Waals surface area contributed by atoms with Gasteiger partial charge in [0, 0.05) is 0 Å². The first kappa shape index (κ1) is 22.4. The lowest BCUT2D eigenvalue weighted by Crippen LogP contribution is -2.27. The molecule has 4 rings (SSSR count). The summed E-state index contributed by atoms with van der Waals surface area (Å²) in [4.78, 5) is 15.1.